The summed E-state index contributed by atoms with van der Waals surface area (Å²) < 4.78 is 5.60. The third-order valence-electron chi connectivity index (χ3n) is 3.05. The Labute approximate surface area is 79.7 Å². The molecule has 0 aromatic heterocycles. The highest BCUT2D eigenvalue weighted by molar-refractivity contribution is 5.84. The van der Waals surface area contributed by atoms with Crippen LogP contribution in [-0.2, 0) is 9.53 Å². The molecule has 0 unspecified atom stereocenters. The first-order valence-corrected chi connectivity index (χ1v) is 5.50. The Kier molecular flexibility index (Phi) is 2.99. The Balaban J connectivity index is 1.62. The molecule has 74 valence electrons. The Morgan fingerprint density at radius 3 is 2.38 bits per heavy atom. The van der Waals surface area contributed by atoms with Crippen LogP contribution in [0.15, 0.2) is 0 Å². The van der Waals surface area contributed by atoms with Gasteiger partial charge in [0.05, 0.1) is 6.10 Å². The molecule has 0 spiro atoms. The molecular formula is C11H18O2. The minimum atomic E-state index is 0.338. The van der Waals surface area contributed by atoms with E-state index in [-0.39, 0.29) is 0 Å². The summed E-state index contributed by atoms with van der Waals surface area (Å²) >= 11 is 0. The van der Waals surface area contributed by atoms with E-state index in [0.29, 0.717) is 24.4 Å². The molecule has 2 fully saturated rings. The van der Waals surface area contributed by atoms with E-state index in [2.05, 4.69) is 0 Å². The number of carbonyl (C=O) groups is 1. The second kappa shape index (κ2) is 4.23. The molecule has 0 bridgehead atoms. The summed E-state index contributed by atoms with van der Waals surface area (Å²) in [6.45, 7) is 0.384. The fourth-order valence-electron chi connectivity index (χ4n) is 1.95. The van der Waals surface area contributed by atoms with Gasteiger partial charge in [-0.3, -0.25) is 4.79 Å². The van der Waals surface area contributed by atoms with Gasteiger partial charge in [0.2, 0.25) is 0 Å². The van der Waals surface area contributed by atoms with E-state index in [9.17, 15) is 4.79 Å². The van der Waals surface area contributed by atoms with E-state index in [4.69, 9.17) is 4.74 Å². The van der Waals surface area contributed by atoms with Crippen molar-refractivity contribution < 1.29 is 9.53 Å². The van der Waals surface area contributed by atoms with Crippen molar-refractivity contribution >= 4 is 5.78 Å². The Bertz CT molecular complexity index is 179. The average Bonchev–Trinajstić information content (AvgIpc) is 2.99. The fraction of sp³-hybridized carbons (Fsp3) is 0.909. The average molecular weight is 182 g/mol. The largest absolute Gasteiger partial charge is 0.370 e. The summed E-state index contributed by atoms with van der Waals surface area (Å²) in [5.74, 6) is 0.703. The minimum Gasteiger partial charge on any atom is -0.370 e. The normalized spacial score (nSPS) is 24.6. The monoisotopic (exact) mass is 182 g/mol. The lowest BCUT2D eigenvalue weighted by Crippen LogP contribution is -2.21. The van der Waals surface area contributed by atoms with Crippen molar-refractivity contribution in [3.8, 4) is 0 Å². The molecule has 0 N–H and O–H groups in total. The van der Waals surface area contributed by atoms with Crippen molar-refractivity contribution in [2.45, 2.75) is 51.0 Å². The highest BCUT2D eigenvalue weighted by atomic mass is 16.5. The summed E-state index contributed by atoms with van der Waals surface area (Å²) in [6.07, 6.45) is 8.83. The molecule has 0 atom stereocenters. The van der Waals surface area contributed by atoms with Gasteiger partial charge < -0.3 is 4.74 Å². The minimum absolute atomic E-state index is 0.338. The van der Waals surface area contributed by atoms with Crippen LogP contribution >= 0.6 is 0 Å². The van der Waals surface area contributed by atoms with Crippen molar-refractivity contribution in [1.82, 2.24) is 0 Å². The first-order valence-electron chi connectivity index (χ1n) is 5.50. The number of Topliss-reactive ketones (excluding diaryl/α,β-unsaturated/α-hetero) is 1. The van der Waals surface area contributed by atoms with Gasteiger partial charge in [-0.25, -0.2) is 0 Å². The van der Waals surface area contributed by atoms with Crippen LogP contribution in [0.5, 0.6) is 0 Å². The third kappa shape index (κ3) is 2.80. The van der Waals surface area contributed by atoms with Gasteiger partial charge in [0, 0.05) is 5.92 Å². The molecule has 2 rings (SSSR count). The maximum Gasteiger partial charge on any atom is 0.161 e. The molecule has 2 heteroatoms. The molecular weight excluding hydrogens is 164 g/mol. The van der Waals surface area contributed by atoms with Gasteiger partial charge in [-0.1, -0.05) is 19.3 Å². The van der Waals surface area contributed by atoms with Crippen molar-refractivity contribution in [3.05, 3.63) is 0 Å². The number of ether oxygens (including phenoxy) is 1. The fourth-order valence-corrected chi connectivity index (χ4v) is 1.95. The number of rotatable bonds is 4. The van der Waals surface area contributed by atoms with Crippen LogP contribution < -0.4 is 0 Å². The molecule has 0 radical (unpaired) electrons. The van der Waals surface area contributed by atoms with Crippen LogP contribution in [0.2, 0.25) is 0 Å². The molecule has 2 aliphatic carbocycles. The molecule has 2 nitrogen and oxygen atoms in total. The van der Waals surface area contributed by atoms with Crippen LogP contribution in [0.4, 0.5) is 0 Å². The Morgan fingerprint density at radius 1 is 1.08 bits per heavy atom. The van der Waals surface area contributed by atoms with Gasteiger partial charge in [-0.05, 0) is 25.7 Å². The third-order valence-corrected chi connectivity index (χ3v) is 3.05. The van der Waals surface area contributed by atoms with Crippen LogP contribution in [0.25, 0.3) is 0 Å². The van der Waals surface area contributed by atoms with Gasteiger partial charge in [0.25, 0.3) is 0 Å². The van der Waals surface area contributed by atoms with Gasteiger partial charge >= 0.3 is 0 Å². The van der Waals surface area contributed by atoms with Crippen molar-refractivity contribution in [2.75, 3.05) is 6.61 Å². The van der Waals surface area contributed by atoms with Crippen molar-refractivity contribution in [2.24, 2.45) is 5.92 Å². The lowest BCUT2D eigenvalue weighted by molar-refractivity contribution is -0.127. The van der Waals surface area contributed by atoms with Gasteiger partial charge in [0.15, 0.2) is 5.78 Å². The lowest BCUT2D eigenvalue weighted by Gasteiger charge is -2.21. The molecule has 2 aliphatic rings. The van der Waals surface area contributed by atoms with Crippen LogP contribution in [-0.4, -0.2) is 18.5 Å². The van der Waals surface area contributed by atoms with Crippen LogP contribution in [0.1, 0.15) is 44.9 Å². The second-order valence-electron chi connectivity index (χ2n) is 4.31. The molecule has 0 aromatic rings. The molecule has 0 aromatic carbocycles. The predicted molar refractivity (Wildman–Crippen MR) is 50.6 cm³/mol. The van der Waals surface area contributed by atoms with Crippen molar-refractivity contribution in [1.29, 1.82) is 0 Å². The molecule has 0 amide bonds. The van der Waals surface area contributed by atoms with Crippen LogP contribution in [0.3, 0.4) is 0 Å². The Hall–Kier alpha value is -0.370. The first-order chi connectivity index (χ1) is 6.36. The van der Waals surface area contributed by atoms with Crippen molar-refractivity contribution in [3.63, 3.8) is 0 Å². The molecule has 13 heavy (non-hydrogen) atoms. The van der Waals surface area contributed by atoms with E-state index >= 15 is 0 Å². The maximum absolute atomic E-state index is 11.3. The smallest absolute Gasteiger partial charge is 0.161 e. The maximum atomic E-state index is 11.3. The summed E-state index contributed by atoms with van der Waals surface area (Å²) in [5.41, 5.74) is 0. The van der Waals surface area contributed by atoms with E-state index in [0.717, 1.165) is 25.7 Å². The standard InChI is InChI=1S/C11H18O2/c12-11(9-6-7-9)8-13-10-4-2-1-3-5-10/h9-10H,1-8H2. The highest BCUT2D eigenvalue weighted by Crippen LogP contribution is 2.30. The number of carbonyl (C=O) groups excluding carboxylic acids is 1. The molecule has 0 saturated heterocycles. The summed E-state index contributed by atoms with van der Waals surface area (Å²) in [7, 11) is 0. The van der Waals surface area contributed by atoms with E-state index in [1.807, 2.05) is 0 Å². The summed E-state index contributed by atoms with van der Waals surface area (Å²) in [5, 5.41) is 0. The summed E-state index contributed by atoms with van der Waals surface area (Å²) in [6, 6.07) is 0. The first kappa shape index (κ1) is 9.20. The zero-order valence-electron chi connectivity index (χ0n) is 8.13. The lowest BCUT2D eigenvalue weighted by atomic mass is 9.98. The predicted octanol–water partition coefficient (Wildman–Crippen LogP) is 2.31. The highest BCUT2D eigenvalue weighted by Gasteiger charge is 2.29. The topological polar surface area (TPSA) is 26.3 Å². The molecule has 2 saturated carbocycles. The quantitative estimate of drug-likeness (QED) is 0.667. The van der Waals surface area contributed by atoms with E-state index in [1.54, 1.807) is 0 Å². The summed E-state index contributed by atoms with van der Waals surface area (Å²) in [4.78, 5) is 11.3. The number of hydrogen-bond donors (Lipinski definition) is 0. The SMILES string of the molecule is O=C(COC1CCCCC1)C1CC1. The second-order valence-corrected chi connectivity index (χ2v) is 4.31. The number of hydrogen-bond acceptors (Lipinski definition) is 2. The zero-order valence-corrected chi connectivity index (χ0v) is 8.13. The Morgan fingerprint density at radius 2 is 1.77 bits per heavy atom. The zero-order chi connectivity index (χ0) is 9.10. The van der Waals surface area contributed by atoms with Gasteiger partial charge in [-0.15, -0.1) is 0 Å². The van der Waals surface area contributed by atoms with Gasteiger partial charge in [-0.2, -0.15) is 0 Å². The van der Waals surface area contributed by atoms with E-state index in [1.165, 1.54) is 19.3 Å². The van der Waals surface area contributed by atoms with Gasteiger partial charge in [0.1, 0.15) is 6.61 Å². The van der Waals surface area contributed by atoms with Crippen LogP contribution in [0, 0.1) is 5.92 Å². The molecule has 0 heterocycles. The molecule has 0 aliphatic heterocycles. The van der Waals surface area contributed by atoms with E-state index < -0.39 is 0 Å². The number of ketones is 1.